The van der Waals surface area contributed by atoms with Gasteiger partial charge in [0, 0.05) is 16.9 Å². The van der Waals surface area contributed by atoms with Gasteiger partial charge in [-0.15, -0.1) is 0 Å². The fourth-order valence-corrected chi connectivity index (χ4v) is 1.77. The van der Waals surface area contributed by atoms with Crippen molar-refractivity contribution in [3.8, 4) is 0 Å². The van der Waals surface area contributed by atoms with E-state index in [0.717, 1.165) is 0 Å². The Morgan fingerprint density at radius 1 is 1.27 bits per heavy atom. The number of benzene rings is 1. The summed E-state index contributed by atoms with van der Waals surface area (Å²) >= 11 is 0. The molecule has 1 rings (SSSR count). The average Bonchev–Trinajstić information content (AvgIpc) is 2.56. The van der Waals surface area contributed by atoms with Crippen molar-refractivity contribution in [2.75, 3.05) is 13.7 Å². The van der Waals surface area contributed by atoms with Crippen LogP contribution in [0.1, 0.15) is 34.9 Å². The van der Waals surface area contributed by atoms with Gasteiger partial charge in [-0.1, -0.05) is 29.4 Å². The van der Waals surface area contributed by atoms with Gasteiger partial charge < -0.3 is 14.9 Å². The zero-order chi connectivity index (χ0) is 16.5. The first-order valence-corrected chi connectivity index (χ1v) is 6.56. The molecule has 1 aromatic carbocycles. The Bertz CT molecular complexity index is 566. The lowest BCUT2D eigenvalue weighted by molar-refractivity contribution is -0.140. The number of ether oxygens (including phenoxy) is 1. The number of esters is 1. The normalized spacial score (nSPS) is 12.9. The molecule has 8 heteroatoms. The van der Waals surface area contributed by atoms with E-state index in [1.807, 2.05) is 0 Å². The molecule has 0 aliphatic heterocycles. The molecule has 0 bridgehead atoms. The highest BCUT2D eigenvalue weighted by atomic mass is 16.5. The Balaban J connectivity index is 2.67. The van der Waals surface area contributed by atoms with Crippen LogP contribution in [0.15, 0.2) is 29.4 Å². The highest BCUT2D eigenvalue weighted by Gasteiger charge is 2.18. The van der Waals surface area contributed by atoms with Gasteiger partial charge in [0.15, 0.2) is 5.78 Å². The lowest BCUT2D eigenvalue weighted by atomic mass is 10.00. The molecule has 0 radical (unpaired) electrons. The molecule has 118 valence electrons. The zero-order valence-electron chi connectivity index (χ0n) is 12.0. The summed E-state index contributed by atoms with van der Waals surface area (Å²) in [4.78, 5) is 25.3. The molecular formula is C14H17N3O5. The SMILES string of the molecule is COC(=O)CCC(=O)c1ccc(C(O)C(O)CN=[N+]=[N-])cc1. The first-order valence-electron chi connectivity index (χ1n) is 6.56. The fraction of sp³-hybridized carbons (Fsp3) is 0.429. The van der Waals surface area contributed by atoms with E-state index < -0.39 is 18.2 Å². The molecule has 2 unspecified atom stereocenters. The van der Waals surface area contributed by atoms with Gasteiger partial charge in [0.1, 0.15) is 6.10 Å². The highest BCUT2D eigenvalue weighted by Crippen LogP contribution is 2.18. The molecule has 0 aliphatic rings. The largest absolute Gasteiger partial charge is 0.469 e. The molecule has 8 nitrogen and oxygen atoms in total. The van der Waals surface area contributed by atoms with Crippen LogP contribution in [0.2, 0.25) is 0 Å². The number of ketones is 1. The van der Waals surface area contributed by atoms with Crippen LogP contribution in [0.5, 0.6) is 0 Å². The van der Waals surface area contributed by atoms with Crippen molar-refractivity contribution < 1.29 is 24.5 Å². The lowest BCUT2D eigenvalue weighted by Crippen LogP contribution is -2.21. The third-order valence-electron chi connectivity index (χ3n) is 3.05. The smallest absolute Gasteiger partial charge is 0.305 e. The standard InChI is InChI=1S/C14H17N3O5/c1-22-13(20)7-6-11(18)9-2-4-10(5-3-9)14(21)12(19)8-16-17-15/h2-5,12,14,19,21H,6-8H2,1H3. The maximum Gasteiger partial charge on any atom is 0.305 e. The van der Waals surface area contributed by atoms with Gasteiger partial charge in [-0.25, -0.2) is 0 Å². The van der Waals surface area contributed by atoms with Crippen molar-refractivity contribution in [3.63, 3.8) is 0 Å². The van der Waals surface area contributed by atoms with Crippen molar-refractivity contribution >= 4 is 11.8 Å². The van der Waals surface area contributed by atoms with Crippen molar-refractivity contribution in [1.82, 2.24) is 0 Å². The van der Waals surface area contributed by atoms with Gasteiger partial charge >= 0.3 is 5.97 Å². The quantitative estimate of drug-likeness (QED) is 0.247. The molecule has 0 spiro atoms. The number of carbonyl (C=O) groups is 2. The summed E-state index contributed by atoms with van der Waals surface area (Å²) < 4.78 is 4.46. The lowest BCUT2D eigenvalue weighted by Gasteiger charge is -2.16. The zero-order valence-corrected chi connectivity index (χ0v) is 12.0. The van der Waals surface area contributed by atoms with E-state index >= 15 is 0 Å². The topological polar surface area (TPSA) is 133 Å². The molecule has 2 N–H and O–H groups in total. The van der Waals surface area contributed by atoms with Gasteiger partial charge in [-0.05, 0) is 11.1 Å². The van der Waals surface area contributed by atoms with E-state index in [0.29, 0.717) is 11.1 Å². The van der Waals surface area contributed by atoms with Crippen LogP contribution < -0.4 is 0 Å². The molecule has 0 aliphatic carbocycles. The summed E-state index contributed by atoms with van der Waals surface area (Å²) in [6.45, 7) is -0.253. The second-order valence-electron chi connectivity index (χ2n) is 4.55. The molecule has 22 heavy (non-hydrogen) atoms. The Hall–Kier alpha value is -2.41. The van der Waals surface area contributed by atoms with Crippen molar-refractivity contribution in [2.45, 2.75) is 25.0 Å². The van der Waals surface area contributed by atoms with Gasteiger partial charge in [-0.2, -0.15) is 0 Å². The Morgan fingerprint density at radius 2 is 1.91 bits per heavy atom. The van der Waals surface area contributed by atoms with Crippen LogP contribution in [-0.2, 0) is 9.53 Å². The van der Waals surface area contributed by atoms with E-state index in [1.165, 1.54) is 31.4 Å². The molecule has 0 saturated heterocycles. The van der Waals surface area contributed by atoms with E-state index in [-0.39, 0.29) is 25.2 Å². The Morgan fingerprint density at radius 3 is 2.45 bits per heavy atom. The number of aliphatic hydroxyl groups is 2. The number of hydrogen-bond donors (Lipinski definition) is 2. The predicted octanol–water partition coefficient (Wildman–Crippen LogP) is 1.53. The Labute approximate surface area is 127 Å². The van der Waals surface area contributed by atoms with Gasteiger partial charge in [0.05, 0.1) is 26.2 Å². The van der Waals surface area contributed by atoms with Crippen LogP contribution in [-0.4, -0.2) is 41.7 Å². The summed E-state index contributed by atoms with van der Waals surface area (Å²) in [5.74, 6) is -0.678. The summed E-state index contributed by atoms with van der Waals surface area (Å²) in [6, 6.07) is 5.99. The predicted molar refractivity (Wildman–Crippen MR) is 77.0 cm³/mol. The number of azide groups is 1. The molecule has 0 aromatic heterocycles. The average molecular weight is 307 g/mol. The van der Waals surface area contributed by atoms with Crippen LogP contribution >= 0.6 is 0 Å². The maximum atomic E-state index is 11.8. The van der Waals surface area contributed by atoms with Crippen molar-refractivity contribution in [3.05, 3.63) is 45.8 Å². The number of Topliss-reactive ketones (excluding diaryl/α,β-unsaturated/α-hetero) is 1. The van der Waals surface area contributed by atoms with Gasteiger partial charge in [0.25, 0.3) is 0 Å². The molecular weight excluding hydrogens is 290 g/mol. The van der Waals surface area contributed by atoms with Crippen LogP contribution in [0.4, 0.5) is 0 Å². The third-order valence-corrected chi connectivity index (χ3v) is 3.05. The molecule has 0 amide bonds. The Kier molecular flexibility index (Phi) is 7.04. The first kappa shape index (κ1) is 17.6. The van der Waals surface area contributed by atoms with Gasteiger partial charge in [-0.3, -0.25) is 9.59 Å². The second kappa shape index (κ2) is 8.78. The summed E-state index contributed by atoms with van der Waals surface area (Å²) in [5, 5.41) is 22.7. The van der Waals surface area contributed by atoms with Crippen LogP contribution in [0, 0.1) is 0 Å². The minimum absolute atomic E-state index is 0.00455. The number of methoxy groups -OCH3 is 1. The maximum absolute atomic E-state index is 11.8. The summed E-state index contributed by atoms with van der Waals surface area (Å²) in [5.41, 5.74) is 8.95. The van der Waals surface area contributed by atoms with E-state index in [4.69, 9.17) is 5.53 Å². The van der Waals surface area contributed by atoms with Gasteiger partial charge in [0.2, 0.25) is 0 Å². The third kappa shape index (κ3) is 5.17. The number of hydrogen-bond acceptors (Lipinski definition) is 6. The second-order valence-corrected chi connectivity index (χ2v) is 4.55. The minimum Gasteiger partial charge on any atom is -0.469 e. The first-order chi connectivity index (χ1) is 10.5. The van der Waals surface area contributed by atoms with Crippen LogP contribution in [0.25, 0.3) is 10.4 Å². The number of carbonyl (C=O) groups excluding carboxylic acids is 2. The molecule has 0 heterocycles. The van der Waals surface area contributed by atoms with Crippen LogP contribution in [0.3, 0.4) is 0 Å². The van der Waals surface area contributed by atoms with E-state index in [1.54, 1.807) is 0 Å². The van der Waals surface area contributed by atoms with E-state index in [2.05, 4.69) is 14.8 Å². The highest BCUT2D eigenvalue weighted by molar-refractivity contribution is 5.97. The summed E-state index contributed by atoms with van der Waals surface area (Å²) in [7, 11) is 1.25. The fourth-order valence-electron chi connectivity index (χ4n) is 1.77. The van der Waals surface area contributed by atoms with Crippen molar-refractivity contribution in [2.24, 2.45) is 5.11 Å². The number of aliphatic hydroxyl groups excluding tert-OH is 2. The molecule has 0 fully saturated rings. The number of nitrogens with zero attached hydrogens (tertiary/aromatic N) is 3. The molecule has 1 aromatic rings. The van der Waals surface area contributed by atoms with Crippen molar-refractivity contribution in [1.29, 1.82) is 0 Å². The monoisotopic (exact) mass is 307 g/mol. The molecule has 0 saturated carbocycles. The van der Waals surface area contributed by atoms with E-state index in [9.17, 15) is 19.8 Å². The summed E-state index contributed by atoms with van der Waals surface area (Å²) in [6.07, 6.45) is -2.40. The minimum atomic E-state index is -1.23. The number of rotatable bonds is 8. The molecule has 2 atom stereocenters.